The number of anilines is 2. The van der Waals surface area contributed by atoms with Crippen LogP contribution in [0.2, 0.25) is 0 Å². The van der Waals surface area contributed by atoms with Crippen molar-refractivity contribution < 1.29 is 13.2 Å². The third-order valence-electron chi connectivity index (χ3n) is 4.57. The third-order valence-corrected chi connectivity index (χ3v) is 6.62. The van der Waals surface area contributed by atoms with Crippen LogP contribution in [0.3, 0.4) is 0 Å². The molecular formula is C18H19N5O3S2. The number of thiazole rings is 1. The van der Waals surface area contributed by atoms with Crippen molar-refractivity contribution >= 4 is 48.2 Å². The average Bonchev–Trinajstić information content (AvgIpc) is 3.09. The van der Waals surface area contributed by atoms with Gasteiger partial charge in [0.2, 0.25) is 0 Å². The number of carbonyl (C=O) groups excluding carboxylic acids is 1. The van der Waals surface area contributed by atoms with Gasteiger partial charge in [-0.3, -0.25) is 10.1 Å². The highest BCUT2D eigenvalue weighted by Crippen LogP contribution is 2.28. The summed E-state index contributed by atoms with van der Waals surface area (Å²) in [6.07, 6.45) is 4.67. The molecule has 4 rings (SSSR count). The number of piperidine rings is 1. The van der Waals surface area contributed by atoms with Crippen LogP contribution in [0.1, 0.15) is 29.8 Å². The Morgan fingerprint density at radius 1 is 1.11 bits per heavy atom. The Hall–Kier alpha value is -2.59. The molecule has 1 fully saturated rings. The van der Waals surface area contributed by atoms with Crippen molar-refractivity contribution in [3.05, 3.63) is 36.0 Å². The van der Waals surface area contributed by atoms with Gasteiger partial charge >= 0.3 is 0 Å². The zero-order chi connectivity index (χ0) is 19.7. The molecule has 28 heavy (non-hydrogen) atoms. The first-order valence-corrected chi connectivity index (χ1v) is 11.6. The SMILES string of the molecule is CS(=O)(=O)c1ccc2nc(NC(=O)c3ccc(N4CCCCC4)nn3)sc2c1. The zero-order valence-corrected chi connectivity index (χ0v) is 16.9. The monoisotopic (exact) mass is 417 g/mol. The van der Waals surface area contributed by atoms with Crippen molar-refractivity contribution in [2.45, 2.75) is 24.2 Å². The Morgan fingerprint density at radius 3 is 2.57 bits per heavy atom. The van der Waals surface area contributed by atoms with Crippen LogP contribution >= 0.6 is 11.3 Å². The number of carbonyl (C=O) groups is 1. The molecule has 0 unspecified atom stereocenters. The van der Waals surface area contributed by atoms with Gasteiger partial charge in [0.25, 0.3) is 5.91 Å². The molecule has 1 saturated heterocycles. The molecule has 1 aromatic carbocycles. The zero-order valence-electron chi connectivity index (χ0n) is 15.3. The van der Waals surface area contributed by atoms with Crippen molar-refractivity contribution in [3.8, 4) is 0 Å². The Labute approximate surface area is 166 Å². The van der Waals surface area contributed by atoms with Gasteiger partial charge in [-0.1, -0.05) is 11.3 Å². The number of sulfone groups is 1. The fourth-order valence-corrected chi connectivity index (χ4v) is 4.71. The van der Waals surface area contributed by atoms with Crippen molar-refractivity contribution in [1.29, 1.82) is 0 Å². The fraction of sp³-hybridized carbons (Fsp3) is 0.333. The van der Waals surface area contributed by atoms with E-state index >= 15 is 0 Å². The number of nitrogens with zero attached hydrogens (tertiary/aromatic N) is 4. The second-order valence-corrected chi connectivity index (χ2v) is 9.75. The number of aromatic nitrogens is 3. The Morgan fingerprint density at radius 2 is 1.89 bits per heavy atom. The molecule has 0 aliphatic carbocycles. The summed E-state index contributed by atoms with van der Waals surface area (Å²) in [5.74, 6) is 0.379. The molecule has 1 aliphatic heterocycles. The van der Waals surface area contributed by atoms with E-state index < -0.39 is 15.7 Å². The predicted octanol–water partition coefficient (Wildman–Crippen LogP) is 2.73. The summed E-state index contributed by atoms with van der Waals surface area (Å²) in [4.78, 5) is 19.2. The molecular weight excluding hydrogens is 398 g/mol. The molecule has 1 aliphatic rings. The number of benzene rings is 1. The normalized spacial score (nSPS) is 15.0. The molecule has 0 bridgehead atoms. The maximum Gasteiger partial charge on any atom is 0.277 e. The van der Waals surface area contributed by atoms with E-state index in [0.717, 1.165) is 38.0 Å². The van der Waals surface area contributed by atoms with Gasteiger partial charge in [-0.25, -0.2) is 13.4 Å². The summed E-state index contributed by atoms with van der Waals surface area (Å²) in [6, 6.07) is 8.16. The topological polar surface area (TPSA) is 105 Å². The van der Waals surface area contributed by atoms with Crippen LogP contribution in [0.15, 0.2) is 35.2 Å². The maximum absolute atomic E-state index is 12.4. The van der Waals surface area contributed by atoms with Crippen molar-refractivity contribution in [3.63, 3.8) is 0 Å². The number of amides is 1. The molecule has 0 atom stereocenters. The van der Waals surface area contributed by atoms with Gasteiger partial charge in [0.15, 0.2) is 26.5 Å². The minimum atomic E-state index is -3.30. The highest BCUT2D eigenvalue weighted by atomic mass is 32.2. The molecule has 1 N–H and O–H groups in total. The Kier molecular flexibility index (Phi) is 4.98. The van der Waals surface area contributed by atoms with Gasteiger partial charge in [-0.2, -0.15) is 0 Å². The van der Waals surface area contributed by atoms with Crippen molar-refractivity contribution in [2.75, 3.05) is 29.6 Å². The molecule has 0 saturated carbocycles. The largest absolute Gasteiger partial charge is 0.355 e. The van der Waals surface area contributed by atoms with E-state index in [4.69, 9.17) is 0 Å². The summed E-state index contributed by atoms with van der Waals surface area (Å²) in [5.41, 5.74) is 0.830. The maximum atomic E-state index is 12.4. The lowest BCUT2D eigenvalue weighted by atomic mass is 10.1. The molecule has 8 nitrogen and oxygen atoms in total. The standard InChI is InChI=1S/C18H19N5O3S2/c1-28(25,26)12-5-6-13-15(11-12)27-18(19-13)20-17(24)14-7-8-16(22-21-14)23-9-3-2-4-10-23/h5-8,11H,2-4,9-10H2,1H3,(H,19,20,24). The van der Waals surface area contributed by atoms with E-state index in [-0.39, 0.29) is 10.6 Å². The number of rotatable bonds is 4. The molecule has 10 heteroatoms. The summed E-state index contributed by atoms with van der Waals surface area (Å²) >= 11 is 1.21. The van der Waals surface area contributed by atoms with Gasteiger partial charge in [0, 0.05) is 19.3 Å². The number of hydrogen-bond acceptors (Lipinski definition) is 8. The first kappa shape index (κ1) is 18.8. The minimum absolute atomic E-state index is 0.205. The lowest BCUT2D eigenvalue weighted by Crippen LogP contribution is -2.30. The summed E-state index contributed by atoms with van der Waals surface area (Å²) in [7, 11) is -3.30. The van der Waals surface area contributed by atoms with E-state index in [9.17, 15) is 13.2 Å². The van der Waals surface area contributed by atoms with Crippen LogP contribution < -0.4 is 10.2 Å². The van der Waals surface area contributed by atoms with Crippen LogP contribution in [-0.2, 0) is 9.84 Å². The summed E-state index contributed by atoms with van der Waals surface area (Å²) in [6.45, 7) is 1.92. The number of fused-ring (bicyclic) bond motifs is 1. The number of hydrogen-bond donors (Lipinski definition) is 1. The molecule has 146 valence electrons. The van der Waals surface area contributed by atoms with Crippen LogP contribution in [0.4, 0.5) is 10.9 Å². The molecule has 0 radical (unpaired) electrons. The number of nitrogens with one attached hydrogen (secondary N) is 1. The van der Waals surface area contributed by atoms with Crippen molar-refractivity contribution in [1.82, 2.24) is 15.2 Å². The van der Waals surface area contributed by atoms with E-state index in [1.54, 1.807) is 18.2 Å². The molecule has 3 heterocycles. The lowest BCUT2D eigenvalue weighted by Gasteiger charge is -2.27. The van der Waals surface area contributed by atoms with Gasteiger partial charge in [-0.15, -0.1) is 10.2 Å². The highest BCUT2D eigenvalue weighted by Gasteiger charge is 2.16. The molecule has 1 amide bonds. The first-order valence-electron chi connectivity index (χ1n) is 8.91. The first-order chi connectivity index (χ1) is 13.4. The quantitative estimate of drug-likeness (QED) is 0.696. The van der Waals surface area contributed by atoms with Gasteiger partial charge < -0.3 is 4.90 Å². The van der Waals surface area contributed by atoms with Crippen LogP contribution in [-0.4, -0.2) is 48.9 Å². The lowest BCUT2D eigenvalue weighted by molar-refractivity contribution is 0.102. The molecule has 3 aromatic rings. The summed E-state index contributed by atoms with van der Waals surface area (Å²) in [5, 5.41) is 11.3. The van der Waals surface area contributed by atoms with Gasteiger partial charge in [-0.05, 0) is 49.6 Å². The second kappa shape index (κ2) is 7.44. The fourth-order valence-electron chi connectivity index (χ4n) is 3.09. The third kappa shape index (κ3) is 3.97. The van der Waals surface area contributed by atoms with Gasteiger partial charge in [0.1, 0.15) is 0 Å². The molecule has 0 spiro atoms. The molecule has 2 aromatic heterocycles. The average molecular weight is 418 g/mol. The van der Waals surface area contributed by atoms with Gasteiger partial charge in [0.05, 0.1) is 15.1 Å². The van der Waals surface area contributed by atoms with Crippen LogP contribution in [0.25, 0.3) is 10.2 Å². The van der Waals surface area contributed by atoms with Crippen LogP contribution in [0, 0.1) is 0 Å². The second-order valence-electron chi connectivity index (χ2n) is 6.70. The van der Waals surface area contributed by atoms with Crippen LogP contribution in [0.5, 0.6) is 0 Å². The summed E-state index contributed by atoms with van der Waals surface area (Å²) < 4.78 is 24.1. The smallest absolute Gasteiger partial charge is 0.277 e. The van der Waals surface area contributed by atoms with E-state index in [1.807, 2.05) is 6.07 Å². The predicted molar refractivity (Wildman–Crippen MR) is 109 cm³/mol. The minimum Gasteiger partial charge on any atom is -0.355 e. The highest BCUT2D eigenvalue weighted by molar-refractivity contribution is 7.90. The Balaban J connectivity index is 1.50. The van der Waals surface area contributed by atoms with E-state index in [1.165, 1.54) is 23.8 Å². The van der Waals surface area contributed by atoms with E-state index in [0.29, 0.717) is 15.3 Å². The Bertz CT molecular complexity index is 1120. The van der Waals surface area contributed by atoms with E-state index in [2.05, 4.69) is 25.4 Å². The van der Waals surface area contributed by atoms with Crippen molar-refractivity contribution in [2.24, 2.45) is 0 Å².